The molecular formula is C24H22ClN3O4S. The first-order valence-electron chi connectivity index (χ1n) is 10.1. The smallest absolute Gasteiger partial charge is 0.338 e. The quantitative estimate of drug-likeness (QED) is 0.387. The minimum Gasteiger partial charge on any atom is -0.496 e. The third-order valence-electron chi connectivity index (χ3n) is 4.63. The highest BCUT2D eigenvalue weighted by molar-refractivity contribution is 7.80. The summed E-state index contributed by atoms with van der Waals surface area (Å²) in [6.45, 7) is 2.38. The van der Waals surface area contributed by atoms with Gasteiger partial charge in [-0.1, -0.05) is 17.7 Å². The molecule has 0 atom stereocenters. The van der Waals surface area contributed by atoms with E-state index in [1.54, 1.807) is 60.6 Å². The number of anilines is 1. The van der Waals surface area contributed by atoms with Crippen LogP contribution in [0, 0.1) is 0 Å². The van der Waals surface area contributed by atoms with Gasteiger partial charge in [-0.3, -0.25) is 15.1 Å². The monoisotopic (exact) mass is 483 g/mol. The Morgan fingerprint density at radius 1 is 1.15 bits per heavy atom. The molecule has 3 rings (SSSR count). The number of rotatable bonds is 7. The second-order valence-corrected chi connectivity index (χ2v) is 7.64. The molecular weight excluding hydrogens is 462 g/mol. The molecule has 0 unspecified atom stereocenters. The summed E-state index contributed by atoms with van der Waals surface area (Å²) >= 11 is 11.6. The van der Waals surface area contributed by atoms with Gasteiger partial charge in [0.1, 0.15) is 5.75 Å². The number of nitrogens with one attached hydrogen (secondary N) is 1. The van der Waals surface area contributed by atoms with Gasteiger partial charge in [0.2, 0.25) is 0 Å². The number of hydrogen-bond acceptors (Lipinski definition) is 6. The van der Waals surface area contributed by atoms with Crippen molar-refractivity contribution in [2.45, 2.75) is 13.5 Å². The van der Waals surface area contributed by atoms with E-state index in [9.17, 15) is 9.59 Å². The molecule has 0 saturated carbocycles. The number of hydrogen-bond donors (Lipinski definition) is 1. The van der Waals surface area contributed by atoms with Crippen LogP contribution in [-0.2, 0) is 11.3 Å². The maximum atomic E-state index is 13.0. The number of amides is 1. The molecule has 1 N–H and O–H groups in total. The molecule has 0 aliphatic heterocycles. The van der Waals surface area contributed by atoms with E-state index in [-0.39, 0.29) is 17.3 Å². The van der Waals surface area contributed by atoms with Crippen molar-refractivity contribution in [3.05, 3.63) is 88.7 Å². The summed E-state index contributed by atoms with van der Waals surface area (Å²) in [6.07, 6.45) is 3.39. The zero-order valence-electron chi connectivity index (χ0n) is 18.1. The molecule has 0 saturated heterocycles. The predicted octanol–water partition coefficient (Wildman–Crippen LogP) is 4.64. The first-order chi connectivity index (χ1) is 15.9. The van der Waals surface area contributed by atoms with E-state index >= 15 is 0 Å². The van der Waals surface area contributed by atoms with Crippen molar-refractivity contribution in [1.82, 2.24) is 10.3 Å². The maximum absolute atomic E-state index is 13.0. The minimum atomic E-state index is -0.460. The van der Waals surface area contributed by atoms with E-state index < -0.39 is 11.9 Å². The molecule has 1 heterocycles. The number of esters is 1. The molecule has 0 fully saturated rings. The second-order valence-electron chi connectivity index (χ2n) is 6.82. The molecule has 33 heavy (non-hydrogen) atoms. The summed E-state index contributed by atoms with van der Waals surface area (Å²) in [5.41, 5.74) is 2.23. The van der Waals surface area contributed by atoms with Crippen LogP contribution in [0.3, 0.4) is 0 Å². The molecule has 7 nitrogen and oxygen atoms in total. The lowest BCUT2D eigenvalue weighted by molar-refractivity contribution is 0.0526. The number of halogens is 1. The van der Waals surface area contributed by atoms with Crippen molar-refractivity contribution >= 4 is 46.5 Å². The van der Waals surface area contributed by atoms with Crippen molar-refractivity contribution in [2.24, 2.45) is 0 Å². The van der Waals surface area contributed by atoms with Gasteiger partial charge in [0.25, 0.3) is 5.91 Å². The standard InChI is InChI=1S/C24H22ClN3O4S/c1-3-32-23(30)17-6-9-19(10-7-17)28(15-16-5-4-12-26-14-16)24(33)27-22(29)20-13-18(25)8-11-21(20)31-2/h4-14H,3,15H2,1-2H3,(H,27,29,33). The Labute approximate surface area is 202 Å². The van der Waals surface area contributed by atoms with Gasteiger partial charge in [-0.15, -0.1) is 0 Å². The molecule has 2 aromatic carbocycles. The molecule has 0 radical (unpaired) electrons. The number of nitrogens with zero attached hydrogens (tertiary/aromatic N) is 2. The van der Waals surface area contributed by atoms with Crippen LogP contribution < -0.4 is 15.0 Å². The normalized spacial score (nSPS) is 10.3. The van der Waals surface area contributed by atoms with Crippen LogP contribution in [-0.4, -0.2) is 35.7 Å². The van der Waals surface area contributed by atoms with Gasteiger partial charge >= 0.3 is 5.97 Å². The Hall–Kier alpha value is -3.49. The Morgan fingerprint density at radius 3 is 2.55 bits per heavy atom. The second kappa shape index (κ2) is 11.4. The molecule has 1 aromatic heterocycles. The highest BCUT2D eigenvalue weighted by Crippen LogP contribution is 2.23. The zero-order valence-corrected chi connectivity index (χ0v) is 19.7. The third-order valence-corrected chi connectivity index (χ3v) is 5.18. The predicted molar refractivity (Wildman–Crippen MR) is 131 cm³/mol. The Kier molecular flexibility index (Phi) is 8.34. The van der Waals surface area contributed by atoms with Crippen LogP contribution in [0.2, 0.25) is 5.02 Å². The number of carbonyl (C=O) groups is 2. The molecule has 0 bridgehead atoms. The van der Waals surface area contributed by atoms with E-state index in [1.807, 2.05) is 12.1 Å². The fourth-order valence-electron chi connectivity index (χ4n) is 3.04. The fraction of sp³-hybridized carbons (Fsp3) is 0.167. The Morgan fingerprint density at radius 2 is 1.91 bits per heavy atom. The summed E-state index contributed by atoms with van der Waals surface area (Å²) in [5, 5.41) is 3.30. The van der Waals surface area contributed by atoms with Crippen LogP contribution >= 0.6 is 23.8 Å². The largest absolute Gasteiger partial charge is 0.496 e. The number of pyridine rings is 1. The van der Waals surface area contributed by atoms with E-state index in [4.69, 9.17) is 33.3 Å². The molecule has 0 spiro atoms. The van der Waals surface area contributed by atoms with E-state index in [0.717, 1.165) is 5.56 Å². The third kappa shape index (κ3) is 6.27. The lowest BCUT2D eigenvalue weighted by atomic mass is 10.1. The van der Waals surface area contributed by atoms with Crippen LogP contribution in [0.25, 0.3) is 0 Å². The minimum absolute atomic E-state index is 0.162. The van der Waals surface area contributed by atoms with Crippen LogP contribution in [0.5, 0.6) is 5.75 Å². The summed E-state index contributed by atoms with van der Waals surface area (Å²) in [6, 6.07) is 15.2. The van der Waals surface area contributed by atoms with Gasteiger partial charge in [0.05, 0.1) is 31.4 Å². The highest BCUT2D eigenvalue weighted by Gasteiger charge is 2.20. The summed E-state index contributed by atoms with van der Waals surface area (Å²) in [5.74, 6) is -0.497. The number of aromatic nitrogens is 1. The first-order valence-corrected chi connectivity index (χ1v) is 10.8. The van der Waals surface area contributed by atoms with Gasteiger partial charge in [-0.2, -0.15) is 0 Å². The average Bonchev–Trinajstić information content (AvgIpc) is 2.83. The van der Waals surface area contributed by atoms with Crippen molar-refractivity contribution in [1.29, 1.82) is 0 Å². The van der Waals surface area contributed by atoms with Gasteiger partial charge in [0, 0.05) is 23.1 Å². The molecule has 9 heteroatoms. The topological polar surface area (TPSA) is 80.8 Å². The van der Waals surface area contributed by atoms with Crippen molar-refractivity contribution in [2.75, 3.05) is 18.6 Å². The number of carbonyl (C=O) groups excluding carboxylic acids is 2. The van der Waals surface area contributed by atoms with E-state index in [2.05, 4.69) is 10.3 Å². The van der Waals surface area contributed by atoms with E-state index in [1.165, 1.54) is 13.2 Å². The van der Waals surface area contributed by atoms with Crippen LogP contribution in [0.15, 0.2) is 67.0 Å². The van der Waals surface area contributed by atoms with Gasteiger partial charge in [-0.05, 0) is 73.2 Å². The highest BCUT2D eigenvalue weighted by atomic mass is 35.5. The Balaban J connectivity index is 1.88. The molecule has 170 valence electrons. The van der Waals surface area contributed by atoms with Crippen LogP contribution in [0.1, 0.15) is 33.2 Å². The van der Waals surface area contributed by atoms with Crippen LogP contribution in [0.4, 0.5) is 5.69 Å². The first kappa shape index (κ1) is 24.2. The number of thiocarbonyl (C=S) groups is 1. The number of benzene rings is 2. The SMILES string of the molecule is CCOC(=O)c1ccc(N(Cc2cccnc2)C(=S)NC(=O)c2cc(Cl)ccc2OC)cc1. The fourth-order valence-corrected chi connectivity index (χ4v) is 3.47. The molecule has 0 aliphatic rings. The number of methoxy groups -OCH3 is 1. The average molecular weight is 484 g/mol. The zero-order chi connectivity index (χ0) is 23.8. The van der Waals surface area contributed by atoms with Crippen molar-refractivity contribution in [3.8, 4) is 5.75 Å². The lowest BCUT2D eigenvalue weighted by Crippen LogP contribution is -2.42. The lowest BCUT2D eigenvalue weighted by Gasteiger charge is -2.26. The summed E-state index contributed by atoms with van der Waals surface area (Å²) in [4.78, 5) is 30.8. The van der Waals surface area contributed by atoms with Crippen molar-refractivity contribution < 1.29 is 19.1 Å². The maximum Gasteiger partial charge on any atom is 0.338 e. The van der Waals surface area contributed by atoms with Gasteiger partial charge < -0.3 is 14.4 Å². The molecule has 0 aliphatic carbocycles. The van der Waals surface area contributed by atoms with Gasteiger partial charge in [0.15, 0.2) is 5.11 Å². The summed E-state index contributed by atoms with van der Waals surface area (Å²) < 4.78 is 10.3. The van der Waals surface area contributed by atoms with Gasteiger partial charge in [-0.25, -0.2) is 4.79 Å². The molecule has 1 amide bonds. The molecule has 3 aromatic rings. The van der Waals surface area contributed by atoms with Crippen molar-refractivity contribution in [3.63, 3.8) is 0 Å². The Bertz CT molecular complexity index is 1140. The summed E-state index contributed by atoms with van der Waals surface area (Å²) in [7, 11) is 1.47. The number of ether oxygens (including phenoxy) is 2. The van der Waals surface area contributed by atoms with E-state index in [0.29, 0.717) is 28.6 Å².